The van der Waals surface area contributed by atoms with Gasteiger partial charge in [0.25, 0.3) is 0 Å². The van der Waals surface area contributed by atoms with Crippen molar-refractivity contribution in [3.05, 3.63) is 71.6 Å². The molecule has 4 rings (SSSR count). The molecule has 4 aromatic rings. The molecule has 0 atom stereocenters. The Balaban J connectivity index is 1.95. The number of fused-ring (bicyclic) bond motifs is 2. The van der Waals surface area contributed by atoms with Gasteiger partial charge in [-0.3, -0.25) is 4.98 Å². The molecule has 0 aromatic carbocycles. The summed E-state index contributed by atoms with van der Waals surface area (Å²) >= 11 is 0. The first-order chi connectivity index (χ1) is 10.7. The van der Waals surface area contributed by atoms with Gasteiger partial charge in [0.2, 0.25) is 11.2 Å². The summed E-state index contributed by atoms with van der Waals surface area (Å²) in [6.45, 7) is 0. The third kappa shape index (κ3) is 1.89. The molecule has 4 heterocycles. The molecule has 106 valence electrons. The Bertz CT molecular complexity index is 1020. The molecule has 0 amide bonds. The summed E-state index contributed by atoms with van der Waals surface area (Å²) in [4.78, 5) is 8.55. The maximum absolute atomic E-state index is 12.5. The van der Waals surface area contributed by atoms with Crippen LogP contribution in [0.5, 0.6) is 0 Å². The van der Waals surface area contributed by atoms with Gasteiger partial charge >= 0.3 is 0 Å². The van der Waals surface area contributed by atoms with Gasteiger partial charge in [-0.2, -0.15) is 9.46 Å². The van der Waals surface area contributed by atoms with Crippen molar-refractivity contribution in [2.45, 2.75) is 0 Å². The molecule has 0 spiro atoms. The van der Waals surface area contributed by atoms with E-state index in [4.69, 9.17) is 0 Å². The predicted octanol–water partition coefficient (Wildman–Crippen LogP) is 1.72. The highest BCUT2D eigenvalue weighted by Gasteiger charge is 2.15. The van der Waals surface area contributed by atoms with Crippen LogP contribution in [0.4, 0.5) is 0 Å². The first-order valence-corrected chi connectivity index (χ1v) is 6.69. The zero-order valence-electron chi connectivity index (χ0n) is 11.4. The van der Waals surface area contributed by atoms with E-state index in [0.29, 0.717) is 27.0 Å². The second kappa shape index (κ2) is 4.63. The number of hydrogen-bond acceptors (Lipinski definition) is 4. The fraction of sp³-hybridized carbons (Fsp3) is 0. The zero-order chi connectivity index (χ0) is 15.1. The molecular weight excluding hydrogens is 280 g/mol. The average Bonchev–Trinajstić information content (AvgIpc) is 2.54. The summed E-state index contributed by atoms with van der Waals surface area (Å²) in [7, 11) is 0. The first-order valence-electron chi connectivity index (χ1n) is 6.69. The Morgan fingerprint density at radius 1 is 0.909 bits per heavy atom. The normalized spacial score (nSPS) is 11.1. The maximum Gasteiger partial charge on any atom is 0.242 e. The van der Waals surface area contributed by atoms with Crippen molar-refractivity contribution in [1.29, 1.82) is 0 Å². The van der Waals surface area contributed by atoms with Crippen molar-refractivity contribution in [3.63, 3.8) is 0 Å². The highest BCUT2D eigenvalue weighted by Crippen LogP contribution is 2.19. The van der Waals surface area contributed by atoms with Crippen molar-refractivity contribution in [1.82, 2.24) is 9.97 Å². The fourth-order valence-corrected chi connectivity index (χ4v) is 2.46. The smallest absolute Gasteiger partial charge is 0.242 e. The van der Waals surface area contributed by atoms with E-state index in [9.17, 15) is 10.4 Å². The second-order valence-electron chi connectivity index (χ2n) is 4.92. The minimum absolute atomic E-state index is 0.432. The van der Waals surface area contributed by atoms with Crippen molar-refractivity contribution in [2.75, 3.05) is 0 Å². The largest absolute Gasteiger partial charge is 0.619 e. The standard InChI is InChI=1S/C16H10N4O2/c21-19-8-6-15-12(10-19)2-4-16(20(15)22)14-3-1-11-9-17-7-5-13(11)18-14/h1-10H. The number of rotatable bonds is 1. The lowest BCUT2D eigenvalue weighted by molar-refractivity contribution is -0.606. The van der Waals surface area contributed by atoms with Gasteiger partial charge in [0.15, 0.2) is 12.4 Å². The molecule has 0 saturated heterocycles. The Morgan fingerprint density at radius 2 is 1.77 bits per heavy atom. The van der Waals surface area contributed by atoms with Crippen LogP contribution in [0.2, 0.25) is 0 Å². The Hall–Kier alpha value is -3.28. The Labute approximate surface area is 125 Å². The van der Waals surface area contributed by atoms with Gasteiger partial charge in [-0.25, -0.2) is 4.98 Å². The third-order valence-corrected chi connectivity index (χ3v) is 3.55. The van der Waals surface area contributed by atoms with Crippen LogP contribution in [-0.2, 0) is 0 Å². The monoisotopic (exact) mass is 290 g/mol. The van der Waals surface area contributed by atoms with Crippen LogP contribution in [0.3, 0.4) is 0 Å². The predicted molar refractivity (Wildman–Crippen MR) is 80.4 cm³/mol. The van der Waals surface area contributed by atoms with Crippen LogP contribution >= 0.6 is 0 Å². The van der Waals surface area contributed by atoms with Crippen molar-refractivity contribution >= 4 is 21.8 Å². The molecule has 0 radical (unpaired) electrons. The summed E-state index contributed by atoms with van der Waals surface area (Å²) in [5, 5.41) is 25.3. The van der Waals surface area contributed by atoms with Gasteiger partial charge in [-0.15, -0.1) is 0 Å². The van der Waals surface area contributed by atoms with E-state index in [1.165, 1.54) is 18.5 Å². The zero-order valence-corrected chi connectivity index (χ0v) is 11.4. The SMILES string of the molecule is [O-][n+]1ccc2c(ccc(-c3ccc4cnccc4n3)[n+]2[O-])c1. The Kier molecular flexibility index (Phi) is 2.62. The van der Waals surface area contributed by atoms with Crippen LogP contribution in [0.15, 0.2) is 61.2 Å². The number of nitrogens with zero attached hydrogens (tertiary/aromatic N) is 4. The van der Waals surface area contributed by atoms with Gasteiger partial charge in [0.05, 0.1) is 11.6 Å². The van der Waals surface area contributed by atoms with Crippen LogP contribution in [0.25, 0.3) is 33.2 Å². The fourth-order valence-electron chi connectivity index (χ4n) is 2.46. The van der Waals surface area contributed by atoms with Crippen molar-refractivity contribution < 1.29 is 9.46 Å². The van der Waals surface area contributed by atoms with Gasteiger partial charge in [-0.1, -0.05) is 0 Å². The third-order valence-electron chi connectivity index (χ3n) is 3.55. The minimum atomic E-state index is 0.432. The highest BCUT2D eigenvalue weighted by molar-refractivity contribution is 5.80. The quantitative estimate of drug-likeness (QED) is 0.395. The van der Waals surface area contributed by atoms with E-state index in [1.54, 1.807) is 36.7 Å². The van der Waals surface area contributed by atoms with Crippen molar-refractivity contribution in [2.24, 2.45) is 0 Å². The number of aromatic nitrogens is 4. The summed E-state index contributed by atoms with van der Waals surface area (Å²) in [6, 6.07) is 10.4. The van der Waals surface area contributed by atoms with E-state index < -0.39 is 0 Å². The molecule has 0 aliphatic rings. The molecule has 6 heteroatoms. The van der Waals surface area contributed by atoms with Crippen LogP contribution in [0, 0.1) is 10.4 Å². The lowest BCUT2D eigenvalue weighted by Gasteiger charge is -2.07. The highest BCUT2D eigenvalue weighted by atomic mass is 16.5. The van der Waals surface area contributed by atoms with Gasteiger partial charge in [-0.05, 0) is 24.3 Å². The topological polar surface area (TPSA) is 79.7 Å². The second-order valence-corrected chi connectivity index (χ2v) is 4.92. The van der Waals surface area contributed by atoms with Gasteiger partial charge in [0.1, 0.15) is 11.1 Å². The summed E-state index contributed by atoms with van der Waals surface area (Å²) in [6.07, 6.45) is 6.06. The summed E-state index contributed by atoms with van der Waals surface area (Å²) in [5.41, 5.74) is 2.23. The van der Waals surface area contributed by atoms with Gasteiger partial charge < -0.3 is 10.4 Å². The molecule has 0 aliphatic heterocycles. The van der Waals surface area contributed by atoms with E-state index in [0.717, 1.165) is 15.6 Å². The van der Waals surface area contributed by atoms with Crippen LogP contribution < -0.4 is 9.46 Å². The lowest BCUT2D eigenvalue weighted by Crippen LogP contribution is -2.32. The lowest BCUT2D eigenvalue weighted by atomic mass is 10.1. The van der Waals surface area contributed by atoms with Crippen LogP contribution in [0.1, 0.15) is 0 Å². The molecule has 0 aliphatic carbocycles. The van der Waals surface area contributed by atoms with E-state index >= 15 is 0 Å². The van der Waals surface area contributed by atoms with E-state index in [-0.39, 0.29) is 0 Å². The van der Waals surface area contributed by atoms with Crippen molar-refractivity contribution in [3.8, 4) is 11.4 Å². The molecule has 22 heavy (non-hydrogen) atoms. The van der Waals surface area contributed by atoms with E-state index in [1.807, 2.05) is 6.07 Å². The first kappa shape index (κ1) is 12.5. The molecule has 6 nitrogen and oxygen atoms in total. The van der Waals surface area contributed by atoms with Gasteiger partial charge in [0, 0.05) is 23.8 Å². The molecular formula is C16H10N4O2. The average molecular weight is 290 g/mol. The minimum Gasteiger partial charge on any atom is -0.619 e. The number of hydrogen-bond donors (Lipinski definition) is 0. The molecule has 0 fully saturated rings. The Morgan fingerprint density at radius 3 is 2.68 bits per heavy atom. The maximum atomic E-state index is 12.5. The van der Waals surface area contributed by atoms with Crippen LogP contribution in [-0.4, -0.2) is 9.97 Å². The molecule has 0 saturated carbocycles. The molecule has 0 N–H and O–H groups in total. The molecule has 4 aromatic heterocycles. The molecule has 0 unspecified atom stereocenters. The summed E-state index contributed by atoms with van der Waals surface area (Å²) < 4.78 is 1.47. The summed E-state index contributed by atoms with van der Waals surface area (Å²) in [5.74, 6) is 0. The molecule has 0 bridgehead atoms. The van der Waals surface area contributed by atoms with E-state index in [2.05, 4.69) is 9.97 Å². The number of pyridine rings is 4.